The Morgan fingerprint density at radius 1 is 1.04 bits per heavy atom. The molecule has 0 unspecified atom stereocenters. The molecule has 1 aromatic heterocycles. The number of hydrogen-bond donors (Lipinski definition) is 0. The van der Waals surface area contributed by atoms with Crippen LogP contribution in [0.4, 0.5) is 0 Å². The van der Waals surface area contributed by atoms with Crippen LogP contribution in [-0.2, 0) is 16.4 Å². The van der Waals surface area contributed by atoms with Gasteiger partial charge in [0, 0.05) is 37.6 Å². The Morgan fingerprint density at radius 3 is 2.40 bits per heavy atom. The Kier molecular flexibility index (Phi) is 6.11. The van der Waals surface area contributed by atoms with Crippen molar-refractivity contribution in [3.05, 3.63) is 47.3 Å². The number of benzene rings is 1. The average Bonchev–Trinajstić information content (AvgIpc) is 3.13. The minimum atomic E-state index is -3.34. The molecule has 136 valence electrons. The van der Waals surface area contributed by atoms with Crippen LogP contribution in [0.5, 0.6) is 5.75 Å². The van der Waals surface area contributed by atoms with Crippen LogP contribution in [0.25, 0.3) is 0 Å². The third-order valence-electron chi connectivity index (χ3n) is 4.33. The van der Waals surface area contributed by atoms with E-state index < -0.39 is 10.0 Å². The maximum Gasteiger partial charge on any atom is 0.252 e. The molecule has 5 nitrogen and oxygen atoms in total. The Morgan fingerprint density at radius 2 is 1.76 bits per heavy atom. The standard InChI is InChI=1S/C18H24N2O3S2/c1-2-17-8-9-18(24-17)25(21,22)20-12-10-19(11-13-20)14-15-23-16-6-4-3-5-7-16/h3-9H,2,10-15H2,1H3. The molecule has 1 aliphatic heterocycles. The van der Waals surface area contributed by atoms with Gasteiger partial charge in [0.05, 0.1) is 0 Å². The van der Waals surface area contributed by atoms with Crippen LogP contribution in [0.15, 0.2) is 46.7 Å². The maximum atomic E-state index is 12.7. The van der Waals surface area contributed by atoms with Gasteiger partial charge in [-0.2, -0.15) is 4.31 Å². The molecule has 0 amide bonds. The van der Waals surface area contributed by atoms with Crippen molar-refractivity contribution < 1.29 is 13.2 Å². The highest BCUT2D eigenvalue weighted by Gasteiger charge is 2.29. The van der Waals surface area contributed by atoms with Crippen LogP contribution in [0.3, 0.4) is 0 Å². The van der Waals surface area contributed by atoms with Crippen molar-refractivity contribution in [2.75, 3.05) is 39.3 Å². The summed E-state index contributed by atoms with van der Waals surface area (Å²) in [4.78, 5) is 3.36. The molecule has 2 heterocycles. The fourth-order valence-electron chi connectivity index (χ4n) is 2.82. The molecule has 3 rings (SSSR count). The second-order valence-corrected chi connectivity index (χ2v) is 9.31. The molecule has 1 saturated heterocycles. The summed E-state index contributed by atoms with van der Waals surface area (Å²) in [5.74, 6) is 0.869. The quantitative estimate of drug-likeness (QED) is 0.741. The van der Waals surface area contributed by atoms with Gasteiger partial charge >= 0.3 is 0 Å². The molecule has 0 N–H and O–H groups in total. The van der Waals surface area contributed by atoms with Crippen LogP contribution >= 0.6 is 11.3 Å². The molecule has 0 radical (unpaired) electrons. The van der Waals surface area contributed by atoms with Gasteiger partial charge in [-0.1, -0.05) is 25.1 Å². The molecular weight excluding hydrogens is 356 g/mol. The molecule has 0 saturated carbocycles. The number of thiophene rings is 1. The number of ether oxygens (including phenoxy) is 1. The lowest BCUT2D eigenvalue weighted by molar-refractivity contribution is 0.159. The smallest absolute Gasteiger partial charge is 0.252 e. The average molecular weight is 381 g/mol. The fourth-order valence-corrected chi connectivity index (χ4v) is 5.69. The van der Waals surface area contributed by atoms with Crippen molar-refractivity contribution in [2.45, 2.75) is 17.6 Å². The highest BCUT2D eigenvalue weighted by atomic mass is 32.2. The second kappa shape index (κ2) is 8.31. The summed E-state index contributed by atoms with van der Waals surface area (Å²) < 4.78 is 33.2. The molecular formula is C18H24N2O3S2. The lowest BCUT2D eigenvalue weighted by Gasteiger charge is -2.33. The van der Waals surface area contributed by atoms with Crippen molar-refractivity contribution in [2.24, 2.45) is 0 Å². The predicted octanol–water partition coefficient (Wildman–Crippen LogP) is 2.70. The van der Waals surface area contributed by atoms with E-state index in [1.54, 1.807) is 10.4 Å². The zero-order valence-electron chi connectivity index (χ0n) is 14.4. The highest BCUT2D eigenvalue weighted by molar-refractivity contribution is 7.91. The van der Waals surface area contributed by atoms with Crippen molar-refractivity contribution in [1.82, 2.24) is 9.21 Å². The Bertz CT molecular complexity index is 767. The Labute approximate surface area is 153 Å². The van der Waals surface area contributed by atoms with E-state index in [9.17, 15) is 8.42 Å². The van der Waals surface area contributed by atoms with Gasteiger partial charge in [-0.15, -0.1) is 11.3 Å². The lowest BCUT2D eigenvalue weighted by atomic mass is 10.3. The van der Waals surface area contributed by atoms with Gasteiger partial charge in [-0.3, -0.25) is 4.90 Å². The Balaban J connectivity index is 1.48. The van der Waals surface area contributed by atoms with E-state index >= 15 is 0 Å². The van der Waals surface area contributed by atoms with Crippen LogP contribution in [-0.4, -0.2) is 57.0 Å². The van der Waals surface area contributed by atoms with E-state index in [1.807, 2.05) is 43.3 Å². The van der Waals surface area contributed by atoms with Crippen molar-refractivity contribution in [3.63, 3.8) is 0 Å². The van der Waals surface area contributed by atoms with Crippen molar-refractivity contribution >= 4 is 21.4 Å². The summed E-state index contributed by atoms with van der Waals surface area (Å²) in [6.45, 7) is 6.01. The van der Waals surface area contributed by atoms with Gasteiger partial charge in [0.15, 0.2) is 0 Å². The van der Waals surface area contributed by atoms with E-state index in [0.29, 0.717) is 23.9 Å². The molecule has 1 fully saturated rings. The number of sulfonamides is 1. The third-order valence-corrected chi connectivity index (χ3v) is 7.93. The van der Waals surface area contributed by atoms with E-state index in [4.69, 9.17) is 4.74 Å². The SMILES string of the molecule is CCc1ccc(S(=O)(=O)N2CCN(CCOc3ccccc3)CC2)s1. The zero-order chi connectivity index (χ0) is 17.7. The predicted molar refractivity (Wildman–Crippen MR) is 101 cm³/mol. The first-order valence-corrected chi connectivity index (χ1v) is 10.8. The fraction of sp³-hybridized carbons (Fsp3) is 0.444. The van der Waals surface area contributed by atoms with E-state index in [0.717, 1.165) is 36.7 Å². The monoisotopic (exact) mass is 380 g/mol. The summed E-state index contributed by atoms with van der Waals surface area (Å²) in [6, 6.07) is 13.4. The van der Waals surface area contributed by atoms with Crippen molar-refractivity contribution in [1.29, 1.82) is 0 Å². The summed E-state index contributed by atoms with van der Waals surface area (Å²) >= 11 is 1.38. The molecule has 1 aromatic carbocycles. The van der Waals surface area contributed by atoms with Gasteiger partial charge in [0.1, 0.15) is 16.6 Å². The largest absolute Gasteiger partial charge is 0.492 e. The second-order valence-electron chi connectivity index (χ2n) is 5.98. The zero-order valence-corrected chi connectivity index (χ0v) is 16.1. The van der Waals surface area contributed by atoms with Crippen LogP contribution < -0.4 is 4.74 Å². The van der Waals surface area contributed by atoms with Gasteiger partial charge in [-0.05, 0) is 30.7 Å². The topological polar surface area (TPSA) is 49.9 Å². The number of para-hydroxylation sites is 1. The van der Waals surface area contributed by atoms with Crippen LogP contribution in [0.1, 0.15) is 11.8 Å². The van der Waals surface area contributed by atoms with Crippen molar-refractivity contribution in [3.8, 4) is 5.75 Å². The first-order chi connectivity index (χ1) is 12.1. The summed E-state index contributed by atoms with van der Waals surface area (Å²) in [5, 5.41) is 0. The third kappa shape index (κ3) is 4.61. The number of hydrogen-bond acceptors (Lipinski definition) is 5. The minimum Gasteiger partial charge on any atom is -0.492 e. The Hall–Kier alpha value is -1.41. The molecule has 1 aliphatic rings. The number of nitrogens with zero attached hydrogens (tertiary/aromatic N) is 2. The summed E-state index contributed by atoms with van der Waals surface area (Å²) in [5.41, 5.74) is 0. The first-order valence-electron chi connectivity index (χ1n) is 8.58. The molecule has 0 bridgehead atoms. The number of rotatable bonds is 7. The molecule has 2 aromatic rings. The molecule has 0 atom stereocenters. The first kappa shape index (κ1) is 18.4. The number of aryl methyl sites for hydroxylation is 1. The minimum absolute atomic E-state index is 0.463. The van der Waals surface area contributed by atoms with Crippen LogP contribution in [0.2, 0.25) is 0 Å². The number of piperazine rings is 1. The maximum absolute atomic E-state index is 12.7. The lowest BCUT2D eigenvalue weighted by Crippen LogP contribution is -2.49. The summed E-state index contributed by atoms with van der Waals surface area (Å²) in [6.07, 6.45) is 0.870. The van der Waals surface area contributed by atoms with Crippen LogP contribution in [0, 0.1) is 0 Å². The molecule has 7 heteroatoms. The van der Waals surface area contributed by atoms with Gasteiger partial charge in [-0.25, -0.2) is 8.42 Å². The van der Waals surface area contributed by atoms with Gasteiger partial charge < -0.3 is 4.74 Å². The van der Waals surface area contributed by atoms with Gasteiger partial charge in [0.25, 0.3) is 10.0 Å². The molecule has 25 heavy (non-hydrogen) atoms. The molecule has 0 spiro atoms. The highest BCUT2D eigenvalue weighted by Crippen LogP contribution is 2.26. The normalized spacial score (nSPS) is 16.8. The van der Waals surface area contributed by atoms with E-state index in [2.05, 4.69) is 4.90 Å². The van der Waals surface area contributed by atoms with E-state index in [1.165, 1.54) is 11.3 Å². The molecule has 0 aliphatic carbocycles. The van der Waals surface area contributed by atoms with E-state index in [-0.39, 0.29) is 0 Å². The summed E-state index contributed by atoms with van der Waals surface area (Å²) in [7, 11) is -3.34. The van der Waals surface area contributed by atoms with Gasteiger partial charge in [0.2, 0.25) is 0 Å².